The van der Waals surface area contributed by atoms with E-state index in [1.807, 2.05) is 43.3 Å². The van der Waals surface area contributed by atoms with E-state index >= 15 is 0 Å². The summed E-state index contributed by atoms with van der Waals surface area (Å²) in [5.74, 6) is 0.419. The molecule has 0 fully saturated rings. The number of carbonyl (C=O) groups is 1. The minimum Gasteiger partial charge on any atom is -0.497 e. The van der Waals surface area contributed by atoms with Gasteiger partial charge in [0.25, 0.3) is 10.0 Å². The van der Waals surface area contributed by atoms with E-state index in [2.05, 4.69) is 10.0 Å². The van der Waals surface area contributed by atoms with Crippen LogP contribution in [0.3, 0.4) is 0 Å². The van der Waals surface area contributed by atoms with Crippen molar-refractivity contribution in [2.75, 3.05) is 17.1 Å². The third-order valence-electron chi connectivity index (χ3n) is 4.36. The monoisotopic (exact) mass is 422 g/mol. The van der Waals surface area contributed by atoms with Crippen LogP contribution in [0.2, 0.25) is 0 Å². The van der Waals surface area contributed by atoms with Crippen molar-refractivity contribution in [2.24, 2.45) is 0 Å². The Morgan fingerprint density at radius 3 is 2.23 bits per heavy atom. The van der Waals surface area contributed by atoms with E-state index in [-0.39, 0.29) is 10.8 Å². The van der Waals surface area contributed by atoms with Gasteiger partial charge in [0, 0.05) is 11.8 Å². The number of carbonyl (C=O) groups excluding carboxylic acids is 1. The number of aryl methyl sites for hydroxylation is 1. The molecule has 0 bridgehead atoms. The first-order chi connectivity index (χ1) is 14.4. The first kappa shape index (κ1) is 21.1. The number of methoxy groups -OCH3 is 1. The van der Waals surface area contributed by atoms with Crippen LogP contribution in [0.25, 0.3) is 6.08 Å². The Balaban J connectivity index is 1.64. The third-order valence-corrected chi connectivity index (χ3v) is 5.75. The van der Waals surface area contributed by atoms with Crippen LogP contribution < -0.4 is 14.8 Å². The van der Waals surface area contributed by atoms with E-state index in [0.29, 0.717) is 11.4 Å². The summed E-state index contributed by atoms with van der Waals surface area (Å²) in [5.41, 5.74) is 2.70. The molecule has 0 saturated carbocycles. The molecule has 6 nitrogen and oxygen atoms in total. The number of anilines is 2. The van der Waals surface area contributed by atoms with Crippen LogP contribution in [-0.4, -0.2) is 21.4 Å². The lowest BCUT2D eigenvalue weighted by molar-refractivity contribution is -0.111. The van der Waals surface area contributed by atoms with E-state index in [1.165, 1.54) is 18.2 Å². The molecule has 0 saturated heterocycles. The molecule has 3 aromatic carbocycles. The molecule has 30 heavy (non-hydrogen) atoms. The maximum Gasteiger partial charge on any atom is 0.261 e. The maximum atomic E-state index is 12.6. The van der Waals surface area contributed by atoms with Gasteiger partial charge in [-0.25, -0.2) is 8.42 Å². The minimum atomic E-state index is -3.72. The number of hydrogen-bond donors (Lipinski definition) is 2. The average molecular weight is 423 g/mol. The molecule has 0 aliphatic rings. The van der Waals surface area contributed by atoms with Crippen LogP contribution in [-0.2, 0) is 14.8 Å². The highest BCUT2D eigenvalue weighted by Gasteiger charge is 2.15. The summed E-state index contributed by atoms with van der Waals surface area (Å²) in [6.45, 7) is 1.83. The molecule has 0 aliphatic carbocycles. The second-order valence-corrected chi connectivity index (χ2v) is 8.22. The smallest absolute Gasteiger partial charge is 0.261 e. The van der Waals surface area contributed by atoms with Crippen molar-refractivity contribution in [1.82, 2.24) is 0 Å². The predicted octanol–water partition coefficient (Wildman–Crippen LogP) is 4.46. The van der Waals surface area contributed by atoms with Crippen LogP contribution in [0.4, 0.5) is 11.4 Å². The Hall–Kier alpha value is -3.58. The Morgan fingerprint density at radius 2 is 1.60 bits per heavy atom. The van der Waals surface area contributed by atoms with Crippen LogP contribution in [0.15, 0.2) is 83.8 Å². The molecule has 1 amide bonds. The molecule has 0 radical (unpaired) electrons. The second-order valence-electron chi connectivity index (χ2n) is 6.54. The second kappa shape index (κ2) is 9.28. The molecule has 0 spiro atoms. The molecule has 0 aromatic heterocycles. The van der Waals surface area contributed by atoms with Crippen molar-refractivity contribution >= 4 is 33.4 Å². The quantitative estimate of drug-likeness (QED) is 0.551. The van der Waals surface area contributed by atoms with Crippen molar-refractivity contribution in [2.45, 2.75) is 11.8 Å². The molecule has 0 aliphatic heterocycles. The number of amides is 1. The molecular weight excluding hydrogens is 400 g/mol. The Labute approximate surface area is 176 Å². The fraction of sp³-hybridized carbons (Fsp3) is 0.0870. The molecule has 3 aromatic rings. The Bertz CT molecular complexity index is 1150. The van der Waals surface area contributed by atoms with Gasteiger partial charge in [-0.15, -0.1) is 0 Å². The lowest BCUT2D eigenvalue weighted by Crippen LogP contribution is -2.14. The van der Waals surface area contributed by atoms with Crippen LogP contribution >= 0.6 is 0 Å². The number of para-hydroxylation sites is 1. The summed E-state index contributed by atoms with van der Waals surface area (Å²) >= 11 is 0. The highest BCUT2D eigenvalue weighted by atomic mass is 32.2. The van der Waals surface area contributed by atoms with Gasteiger partial charge >= 0.3 is 0 Å². The fourth-order valence-corrected chi connectivity index (χ4v) is 3.81. The van der Waals surface area contributed by atoms with Crippen molar-refractivity contribution in [3.63, 3.8) is 0 Å². The number of benzene rings is 3. The lowest BCUT2D eigenvalue weighted by Gasteiger charge is -2.11. The third kappa shape index (κ3) is 5.48. The van der Waals surface area contributed by atoms with E-state index < -0.39 is 10.0 Å². The summed E-state index contributed by atoms with van der Waals surface area (Å²) in [5, 5.41) is 2.71. The zero-order valence-corrected chi connectivity index (χ0v) is 17.4. The van der Waals surface area contributed by atoms with Crippen LogP contribution in [0, 0.1) is 6.92 Å². The predicted molar refractivity (Wildman–Crippen MR) is 119 cm³/mol. The molecule has 2 N–H and O–H groups in total. The van der Waals surface area contributed by atoms with Crippen molar-refractivity contribution < 1.29 is 17.9 Å². The van der Waals surface area contributed by atoms with Gasteiger partial charge in [-0.05, 0) is 66.6 Å². The Kier molecular flexibility index (Phi) is 6.54. The summed E-state index contributed by atoms with van der Waals surface area (Å²) in [4.78, 5) is 12.2. The van der Waals surface area contributed by atoms with Crippen LogP contribution in [0.5, 0.6) is 5.75 Å². The highest BCUT2D eigenvalue weighted by Crippen LogP contribution is 2.20. The van der Waals surface area contributed by atoms with Crippen molar-refractivity contribution in [1.29, 1.82) is 0 Å². The summed E-state index contributed by atoms with van der Waals surface area (Å²) in [6.07, 6.45) is 3.09. The normalized spacial score (nSPS) is 11.3. The molecular formula is C23H22N2O4S. The van der Waals surface area contributed by atoms with Gasteiger partial charge < -0.3 is 10.1 Å². The molecule has 154 valence electrons. The largest absolute Gasteiger partial charge is 0.497 e. The van der Waals surface area contributed by atoms with Gasteiger partial charge in [0.15, 0.2) is 0 Å². The first-order valence-corrected chi connectivity index (χ1v) is 10.7. The lowest BCUT2D eigenvalue weighted by atomic mass is 10.2. The number of sulfonamides is 1. The number of nitrogens with one attached hydrogen (secondary N) is 2. The van der Waals surface area contributed by atoms with Crippen molar-refractivity contribution in [3.05, 3.63) is 90.0 Å². The zero-order valence-electron chi connectivity index (χ0n) is 16.6. The highest BCUT2D eigenvalue weighted by molar-refractivity contribution is 7.92. The topological polar surface area (TPSA) is 84.5 Å². The molecule has 0 heterocycles. The van der Waals surface area contributed by atoms with E-state index in [4.69, 9.17) is 4.74 Å². The number of ether oxygens (including phenoxy) is 1. The zero-order chi connectivity index (χ0) is 21.6. The number of hydrogen-bond acceptors (Lipinski definition) is 4. The summed E-state index contributed by atoms with van der Waals surface area (Å²) < 4.78 is 32.8. The summed E-state index contributed by atoms with van der Waals surface area (Å²) in [7, 11) is -2.13. The molecule has 3 rings (SSSR count). The summed E-state index contributed by atoms with van der Waals surface area (Å²) in [6, 6.07) is 20.4. The van der Waals surface area contributed by atoms with E-state index in [0.717, 1.165) is 16.9 Å². The van der Waals surface area contributed by atoms with Crippen molar-refractivity contribution in [3.8, 4) is 5.75 Å². The van der Waals surface area contributed by atoms with Gasteiger partial charge in [0.1, 0.15) is 5.75 Å². The first-order valence-electron chi connectivity index (χ1n) is 9.19. The number of rotatable bonds is 7. The Morgan fingerprint density at radius 1 is 0.933 bits per heavy atom. The molecule has 7 heteroatoms. The molecule has 0 atom stereocenters. The van der Waals surface area contributed by atoms with E-state index in [9.17, 15) is 13.2 Å². The fourth-order valence-electron chi connectivity index (χ4n) is 2.68. The van der Waals surface area contributed by atoms with Gasteiger partial charge in [0.2, 0.25) is 5.91 Å². The standard InChI is InChI=1S/C23H22N2O4S/c1-17-5-3-4-6-22(17)25-30(27,28)21-14-10-19(11-15-21)24-23(26)16-9-18-7-12-20(29-2)13-8-18/h3-16,25H,1-2H3,(H,24,26)/b16-9+. The van der Waals surface area contributed by atoms with Gasteiger partial charge in [-0.3, -0.25) is 9.52 Å². The van der Waals surface area contributed by atoms with Gasteiger partial charge in [-0.1, -0.05) is 30.3 Å². The maximum absolute atomic E-state index is 12.6. The SMILES string of the molecule is COc1ccc(/C=C/C(=O)Nc2ccc(S(=O)(=O)Nc3ccccc3C)cc2)cc1. The van der Waals surface area contributed by atoms with Crippen LogP contribution in [0.1, 0.15) is 11.1 Å². The van der Waals surface area contributed by atoms with E-state index in [1.54, 1.807) is 37.5 Å². The minimum absolute atomic E-state index is 0.109. The van der Waals surface area contributed by atoms with Gasteiger partial charge in [0.05, 0.1) is 17.7 Å². The average Bonchev–Trinajstić information content (AvgIpc) is 2.74. The molecule has 0 unspecified atom stereocenters. The van der Waals surface area contributed by atoms with Gasteiger partial charge in [-0.2, -0.15) is 0 Å².